The second-order valence-corrected chi connectivity index (χ2v) is 4.18. The van der Waals surface area contributed by atoms with Crippen molar-refractivity contribution in [3.05, 3.63) is 17.5 Å². The van der Waals surface area contributed by atoms with Gasteiger partial charge in [-0.2, -0.15) is 5.10 Å². The van der Waals surface area contributed by atoms with E-state index in [9.17, 15) is 4.79 Å². The number of hydrogen-bond donors (Lipinski definition) is 2. The Morgan fingerprint density at radius 3 is 3.24 bits per heavy atom. The molecule has 1 aliphatic heterocycles. The number of amides is 1. The molecule has 94 valence electrons. The highest BCUT2D eigenvalue weighted by atomic mass is 16.5. The Morgan fingerprint density at radius 2 is 2.59 bits per heavy atom. The first kappa shape index (κ1) is 12.1. The van der Waals surface area contributed by atoms with E-state index in [1.165, 1.54) is 0 Å². The van der Waals surface area contributed by atoms with E-state index >= 15 is 0 Å². The van der Waals surface area contributed by atoms with Crippen molar-refractivity contribution >= 4 is 5.91 Å². The van der Waals surface area contributed by atoms with Gasteiger partial charge in [0.05, 0.1) is 31.1 Å². The fourth-order valence-corrected chi connectivity index (χ4v) is 2.10. The van der Waals surface area contributed by atoms with Crippen LogP contribution in [-0.2, 0) is 9.53 Å². The zero-order valence-electron chi connectivity index (χ0n) is 9.98. The molecular formula is C11H18N4O2. The first-order valence-electron chi connectivity index (χ1n) is 5.81. The van der Waals surface area contributed by atoms with Crippen LogP contribution >= 0.6 is 0 Å². The van der Waals surface area contributed by atoms with Crippen LogP contribution in [0.5, 0.6) is 0 Å². The van der Waals surface area contributed by atoms with Gasteiger partial charge in [-0.25, -0.2) is 0 Å². The second kappa shape index (κ2) is 5.29. The maximum atomic E-state index is 12.0. The normalized spacial score (nSPS) is 20.6. The summed E-state index contributed by atoms with van der Waals surface area (Å²) in [6, 6.07) is -0.0645. The predicted molar refractivity (Wildman–Crippen MR) is 62.3 cm³/mol. The molecule has 6 heteroatoms. The molecule has 0 bridgehead atoms. The molecule has 6 nitrogen and oxygen atoms in total. The summed E-state index contributed by atoms with van der Waals surface area (Å²) in [5.74, 6) is 0.0785. The third kappa shape index (κ3) is 2.48. The highest BCUT2D eigenvalue weighted by Gasteiger charge is 2.30. The molecule has 1 aromatic rings. The molecule has 17 heavy (non-hydrogen) atoms. The third-order valence-electron chi connectivity index (χ3n) is 3.01. The summed E-state index contributed by atoms with van der Waals surface area (Å²) < 4.78 is 5.45. The largest absolute Gasteiger partial charge is 0.377 e. The van der Waals surface area contributed by atoms with Crippen molar-refractivity contribution < 1.29 is 9.53 Å². The Bertz CT molecular complexity index is 391. The summed E-state index contributed by atoms with van der Waals surface area (Å²) in [5, 5.41) is 6.94. The van der Waals surface area contributed by atoms with Crippen molar-refractivity contribution in [1.29, 1.82) is 0 Å². The number of ether oxygens (including phenoxy) is 1. The Labute approximate surface area is 100 Å². The van der Waals surface area contributed by atoms with Gasteiger partial charge < -0.3 is 15.4 Å². The molecule has 0 aliphatic carbocycles. The van der Waals surface area contributed by atoms with Crippen LogP contribution in [0.25, 0.3) is 0 Å². The number of carbonyl (C=O) groups excluding carboxylic acids is 1. The van der Waals surface area contributed by atoms with E-state index < -0.39 is 0 Å². The maximum Gasteiger partial charge on any atom is 0.224 e. The van der Waals surface area contributed by atoms with Gasteiger partial charge in [-0.15, -0.1) is 0 Å². The maximum absolute atomic E-state index is 12.0. The standard InChI is InChI=1S/C11H18N4O2/c1-8-6-13-14-11(8)9-7-17-5-4-15(9)10(16)2-3-12/h6,9H,2-5,7,12H2,1H3,(H,13,14)/t9-/m0/s1. The van der Waals surface area contributed by atoms with Gasteiger partial charge in [-0.1, -0.05) is 0 Å². The Hall–Kier alpha value is -1.40. The number of aromatic nitrogens is 2. The molecule has 1 aromatic heterocycles. The number of hydrogen-bond acceptors (Lipinski definition) is 4. The summed E-state index contributed by atoms with van der Waals surface area (Å²) in [7, 11) is 0. The van der Waals surface area contributed by atoms with Crippen LogP contribution in [-0.4, -0.2) is 47.3 Å². The van der Waals surface area contributed by atoms with Crippen LogP contribution in [0.3, 0.4) is 0 Å². The van der Waals surface area contributed by atoms with Crippen LogP contribution in [0, 0.1) is 6.92 Å². The molecule has 3 N–H and O–H groups in total. The summed E-state index contributed by atoms with van der Waals surface area (Å²) in [5.41, 5.74) is 7.43. The molecule has 0 spiro atoms. The molecule has 1 atom stereocenters. The molecule has 0 saturated carbocycles. The average Bonchev–Trinajstić information content (AvgIpc) is 2.76. The molecule has 0 unspecified atom stereocenters. The first-order chi connectivity index (χ1) is 8.24. The van der Waals surface area contributed by atoms with Gasteiger partial charge in [0.25, 0.3) is 0 Å². The fourth-order valence-electron chi connectivity index (χ4n) is 2.10. The number of aromatic amines is 1. The number of carbonyl (C=O) groups is 1. The van der Waals surface area contributed by atoms with Crippen LogP contribution in [0.1, 0.15) is 23.7 Å². The van der Waals surface area contributed by atoms with Crippen LogP contribution in [0.2, 0.25) is 0 Å². The Balaban J connectivity index is 2.18. The minimum absolute atomic E-state index is 0.0645. The lowest BCUT2D eigenvalue weighted by Crippen LogP contribution is -2.44. The summed E-state index contributed by atoms with van der Waals surface area (Å²) in [4.78, 5) is 13.8. The molecule has 1 amide bonds. The van der Waals surface area contributed by atoms with E-state index in [1.54, 1.807) is 6.20 Å². The molecule has 0 aromatic carbocycles. The van der Waals surface area contributed by atoms with Crippen molar-refractivity contribution in [1.82, 2.24) is 15.1 Å². The number of nitrogens with two attached hydrogens (primary N) is 1. The van der Waals surface area contributed by atoms with Gasteiger partial charge in [0.15, 0.2) is 0 Å². The van der Waals surface area contributed by atoms with Gasteiger partial charge in [-0.05, 0) is 12.5 Å². The topological polar surface area (TPSA) is 84.2 Å². The van der Waals surface area contributed by atoms with E-state index in [-0.39, 0.29) is 11.9 Å². The van der Waals surface area contributed by atoms with E-state index in [0.29, 0.717) is 32.7 Å². The molecular weight excluding hydrogens is 220 g/mol. The SMILES string of the molecule is Cc1cn[nH]c1[C@@H]1COCCN1C(=O)CCN. The van der Waals surface area contributed by atoms with E-state index in [1.807, 2.05) is 11.8 Å². The van der Waals surface area contributed by atoms with Gasteiger partial charge >= 0.3 is 0 Å². The zero-order valence-corrected chi connectivity index (χ0v) is 9.98. The highest BCUT2D eigenvalue weighted by molar-refractivity contribution is 5.77. The van der Waals surface area contributed by atoms with E-state index in [2.05, 4.69) is 10.2 Å². The lowest BCUT2D eigenvalue weighted by atomic mass is 10.1. The molecule has 1 aliphatic rings. The van der Waals surface area contributed by atoms with Gasteiger partial charge in [0, 0.05) is 19.5 Å². The zero-order chi connectivity index (χ0) is 12.3. The summed E-state index contributed by atoms with van der Waals surface area (Å²) >= 11 is 0. The first-order valence-corrected chi connectivity index (χ1v) is 5.81. The third-order valence-corrected chi connectivity index (χ3v) is 3.01. The smallest absolute Gasteiger partial charge is 0.224 e. The quantitative estimate of drug-likeness (QED) is 0.774. The minimum atomic E-state index is -0.0645. The Kier molecular flexibility index (Phi) is 3.75. The van der Waals surface area contributed by atoms with Crippen molar-refractivity contribution in [3.63, 3.8) is 0 Å². The summed E-state index contributed by atoms with van der Waals surface area (Å²) in [6.45, 7) is 4.06. The molecule has 0 radical (unpaired) electrons. The number of nitrogens with zero attached hydrogens (tertiary/aromatic N) is 2. The van der Waals surface area contributed by atoms with Crippen molar-refractivity contribution in [3.8, 4) is 0 Å². The van der Waals surface area contributed by atoms with Gasteiger partial charge in [0.1, 0.15) is 0 Å². The van der Waals surface area contributed by atoms with Gasteiger partial charge in [0.2, 0.25) is 5.91 Å². The second-order valence-electron chi connectivity index (χ2n) is 4.18. The predicted octanol–water partition coefficient (Wildman–Crippen LogP) is -0.0332. The van der Waals surface area contributed by atoms with Crippen LogP contribution < -0.4 is 5.73 Å². The molecule has 1 saturated heterocycles. The van der Waals surface area contributed by atoms with E-state index in [4.69, 9.17) is 10.5 Å². The Morgan fingerprint density at radius 1 is 1.76 bits per heavy atom. The van der Waals surface area contributed by atoms with Crippen LogP contribution in [0.15, 0.2) is 6.20 Å². The number of H-pyrrole nitrogens is 1. The molecule has 2 rings (SSSR count). The van der Waals surface area contributed by atoms with Gasteiger partial charge in [-0.3, -0.25) is 9.89 Å². The number of nitrogens with one attached hydrogen (secondary N) is 1. The lowest BCUT2D eigenvalue weighted by molar-refractivity contribution is -0.140. The minimum Gasteiger partial charge on any atom is -0.377 e. The highest BCUT2D eigenvalue weighted by Crippen LogP contribution is 2.25. The fraction of sp³-hybridized carbons (Fsp3) is 0.636. The monoisotopic (exact) mass is 238 g/mol. The molecule has 1 fully saturated rings. The number of aryl methyl sites for hydroxylation is 1. The lowest BCUT2D eigenvalue weighted by Gasteiger charge is -2.35. The van der Waals surface area contributed by atoms with Crippen molar-refractivity contribution in [2.45, 2.75) is 19.4 Å². The molecule has 2 heterocycles. The van der Waals surface area contributed by atoms with E-state index in [0.717, 1.165) is 11.3 Å². The number of rotatable bonds is 3. The van der Waals surface area contributed by atoms with Crippen molar-refractivity contribution in [2.75, 3.05) is 26.3 Å². The number of morpholine rings is 1. The van der Waals surface area contributed by atoms with Crippen LogP contribution in [0.4, 0.5) is 0 Å². The average molecular weight is 238 g/mol. The summed E-state index contributed by atoms with van der Waals surface area (Å²) in [6.07, 6.45) is 2.14. The van der Waals surface area contributed by atoms with Crippen molar-refractivity contribution in [2.24, 2.45) is 5.73 Å².